The molecule has 1 unspecified atom stereocenters. The van der Waals surface area contributed by atoms with E-state index < -0.39 is 11.8 Å². The predicted octanol–water partition coefficient (Wildman–Crippen LogP) is 4.79. The van der Waals surface area contributed by atoms with Gasteiger partial charge in [0.15, 0.2) is 0 Å². The third-order valence-electron chi connectivity index (χ3n) is 3.63. The number of halogens is 2. The van der Waals surface area contributed by atoms with Crippen molar-refractivity contribution in [2.24, 2.45) is 0 Å². The van der Waals surface area contributed by atoms with Crippen LogP contribution in [0.5, 0.6) is 0 Å². The highest BCUT2D eigenvalue weighted by Crippen LogP contribution is 2.24. The SMILES string of the molecule is O=C(Nc1ccc(F)cc1Cl)NC(c1ccccc1)c1ccncc1. The number of hydrogen-bond donors (Lipinski definition) is 2. The molecule has 1 heterocycles. The van der Waals surface area contributed by atoms with Gasteiger partial charge in [-0.3, -0.25) is 4.98 Å². The van der Waals surface area contributed by atoms with Crippen molar-refractivity contribution in [3.8, 4) is 0 Å². The fraction of sp³-hybridized carbons (Fsp3) is 0.0526. The minimum atomic E-state index is -0.463. The maximum Gasteiger partial charge on any atom is 0.320 e. The second-order valence-electron chi connectivity index (χ2n) is 5.35. The predicted molar refractivity (Wildman–Crippen MR) is 96.1 cm³/mol. The Bertz CT molecular complexity index is 820. The van der Waals surface area contributed by atoms with Crippen molar-refractivity contribution < 1.29 is 9.18 Å². The summed E-state index contributed by atoms with van der Waals surface area (Å²) >= 11 is 5.95. The van der Waals surface area contributed by atoms with Crippen molar-refractivity contribution in [1.29, 1.82) is 0 Å². The van der Waals surface area contributed by atoms with Crippen LogP contribution in [0, 0.1) is 5.82 Å². The molecule has 0 fully saturated rings. The molecule has 0 saturated heterocycles. The van der Waals surface area contributed by atoms with Crippen LogP contribution in [0.4, 0.5) is 14.9 Å². The molecule has 0 radical (unpaired) electrons. The maximum atomic E-state index is 13.1. The largest absolute Gasteiger partial charge is 0.327 e. The van der Waals surface area contributed by atoms with E-state index in [0.29, 0.717) is 5.69 Å². The minimum absolute atomic E-state index is 0.135. The molecule has 2 N–H and O–H groups in total. The molecule has 4 nitrogen and oxygen atoms in total. The van der Waals surface area contributed by atoms with Gasteiger partial charge < -0.3 is 10.6 Å². The Hall–Kier alpha value is -2.92. The molecule has 0 spiro atoms. The van der Waals surface area contributed by atoms with E-state index in [2.05, 4.69) is 15.6 Å². The number of carbonyl (C=O) groups excluding carboxylic acids is 1. The fourth-order valence-electron chi connectivity index (χ4n) is 2.44. The van der Waals surface area contributed by atoms with Crippen LogP contribution in [0.15, 0.2) is 73.1 Å². The minimum Gasteiger partial charge on any atom is -0.327 e. The Morgan fingerprint density at radius 2 is 1.68 bits per heavy atom. The van der Waals surface area contributed by atoms with Gasteiger partial charge in [-0.25, -0.2) is 9.18 Å². The first-order valence-electron chi connectivity index (χ1n) is 7.61. The number of pyridine rings is 1. The first-order valence-corrected chi connectivity index (χ1v) is 7.99. The van der Waals surface area contributed by atoms with E-state index in [1.54, 1.807) is 12.4 Å². The molecule has 0 bridgehead atoms. The number of nitrogens with one attached hydrogen (secondary N) is 2. The molecular weight excluding hydrogens is 341 g/mol. The van der Waals surface area contributed by atoms with Gasteiger partial charge in [0, 0.05) is 12.4 Å². The lowest BCUT2D eigenvalue weighted by molar-refractivity contribution is 0.250. The molecule has 2 aromatic carbocycles. The summed E-state index contributed by atoms with van der Waals surface area (Å²) < 4.78 is 13.1. The molecule has 6 heteroatoms. The first kappa shape index (κ1) is 16.9. The average Bonchev–Trinajstić information content (AvgIpc) is 2.63. The van der Waals surface area contributed by atoms with Crippen LogP contribution in [-0.4, -0.2) is 11.0 Å². The van der Waals surface area contributed by atoms with Crippen LogP contribution < -0.4 is 10.6 Å². The smallest absolute Gasteiger partial charge is 0.320 e. The highest BCUT2D eigenvalue weighted by atomic mass is 35.5. The lowest BCUT2D eigenvalue weighted by atomic mass is 10.00. The third-order valence-corrected chi connectivity index (χ3v) is 3.94. The Balaban J connectivity index is 1.82. The number of urea groups is 1. The molecule has 3 rings (SSSR count). The van der Waals surface area contributed by atoms with E-state index >= 15 is 0 Å². The molecule has 0 aliphatic rings. The van der Waals surface area contributed by atoms with Gasteiger partial charge in [-0.15, -0.1) is 0 Å². The van der Waals surface area contributed by atoms with Crippen LogP contribution in [0.1, 0.15) is 17.2 Å². The van der Waals surface area contributed by atoms with Crippen molar-refractivity contribution in [1.82, 2.24) is 10.3 Å². The van der Waals surface area contributed by atoms with E-state index in [0.717, 1.165) is 17.2 Å². The monoisotopic (exact) mass is 355 g/mol. The molecule has 3 aromatic rings. The maximum absolute atomic E-state index is 13.1. The lowest BCUT2D eigenvalue weighted by Crippen LogP contribution is -2.33. The normalized spacial score (nSPS) is 11.6. The summed E-state index contributed by atoms with van der Waals surface area (Å²) in [6.07, 6.45) is 3.34. The first-order chi connectivity index (χ1) is 12.1. The van der Waals surface area contributed by atoms with Crippen molar-refractivity contribution >= 4 is 23.3 Å². The number of hydrogen-bond acceptors (Lipinski definition) is 2. The highest BCUT2D eigenvalue weighted by Gasteiger charge is 2.17. The lowest BCUT2D eigenvalue weighted by Gasteiger charge is -2.20. The fourth-order valence-corrected chi connectivity index (χ4v) is 2.66. The number of rotatable bonds is 4. The number of anilines is 1. The van der Waals surface area contributed by atoms with E-state index in [1.807, 2.05) is 42.5 Å². The van der Waals surface area contributed by atoms with Crippen molar-refractivity contribution in [2.45, 2.75) is 6.04 Å². The van der Waals surface area contributed by atoms with Gasteiger partial charge >= 0.3 is 6.03 Å². The van der Waals surface area contributed by atoms with Crippen LogP contribution >= 0.6 is 11.6 Å². The zero-order valence-electron chi connectivity index (χ0n) is 13.1. The van der Waals surface area contributed by atoms with E-state index in [9.17, 15) is 9.18 Å². The third kappa shape index (κ3) is 4.33. The molecule has 0 saturated carbocycles. The Labute approximate surface area is 149 Å². The molecule has 25 heavy (non-hydrogen) atoms. The van der Waals surface area contributed by atoms with Crippen LogP contribution in [0.25, 0.3) is 0 Å². The number of carbonyl (C=O) groups is 1. The molecule has 0 aliphatic heterocycles. The molecule has 1 atom stereocenters. The van der Waals surface area contributed by atoms with E-state index in [4.69, 9.17) is 11.6 Å². The number of benzene rings is 2. The quantitative estimate of drug-likeness (QED) is 0.707. The van der Waals surface area contributed by atoms with Crippen molar-refractivity contribution in [3.05, 3.63) is 95.0 Å². The van der Waals surface area contributed by atoms with E-state index in [-0.39, 0.29) is 11.1 Å². The molecule has 2 amide bonds. The summed E-state index contributed by atoms with van der Waals surface area (Å²) in [5, 5.41) is 5.69. The zero-order chi connectivity index (χ0) is 17.6. The van der Waals surface area contributed by atoms with Crippen LogP contribution in [0.3, 0.4) is 0 Å². The Morgan fingerprint density at radius 1 is 1.00 bits per heavy atom. The molecular formula is C19H15ClFN3O. The summed E-state index contributed by atoms with van der Waals surface area (Å²) in [4.78, 5) is 16.4. The second kappa shape index (κ2) is 7.77. The summed E-state index contributed by atoms with van der Waals surface area (Å²) in [6.45, 7) is 0. The summed E-state index contributed by atoms with van der Waals surface area (Å²) in [5.74, 6) is -0.463. The van der Waals surface area contributed by atoms with Gasteiger partial charge in [0.1, 0.15) is 5.82 Å². The van der Waals surface area contributed by atoms with Gasteiger partial charge in [0.25, 0.3) is 0 Å². The zero-order valence-corrected chi connectivity index (χ0v) is 13.9. The van der Waals surface area contributed by atoms with Crippen molar-refractivity contribution in [2.75, 3.05) is 5.32 Å². The number of aromatic nitrogens is 1. The molecule has 1 aromatic heterocycles. The van der Waals surface area contributed by atoms with Gasteiger partial charge in [-0.2, -0.15) is 0 Å². The standard InChI is InChI=1S/C19H15ClFN3O/c20-16-12-15(21)6-7-17(16)23-19(25)24-18(13-4-2-1-3-5-13)14-8-10-22-11-9-14/h1-12,18H,(H2,23,24,25). The summed E-state index contributed by atoms with van der Waals surface area (Å²) in [7, 11) is 0. The number of amides is 2. The Kier molecular flexibility index (Phi) is 5.26. The van der Waals surface area contributed by atoms with Crippen LogP contribution in [-0.2, 0) is 0 Å². The summed E-state index contributed by atoms with van der Waals surface area (Å²) in [5.41, 5.74) is 2.15. The summed E-state index contributed by atoms with van der Waals surface area (Å²) in [6, 6.07) is 16.2. The van der Waals surface area contributed by atoms with Gasteiger partial charge in [0.2, 0.25) is 0 Å². The molecule has 0 aliphatic carbocycles. The van der Waals surface area contributed by atoms with E-state index in [1.165, 1.54) is 12.1 Å². The average molecular weight is 356 g/mol. The highest BCUT2D eigenvalue weighted by molar-refractivity contribution is 6.33. The van der Waals surface area contributed by atoms with Gasteiger partial charge in [0.05, 0.1) is 16.8 Å². The van der Waals surface area contributed by atoms with Crippen molar-refractivity contribution in [3.63, 3.8) is 0 Å². The van der Waals surface area contributed by atoms with Crippen LogP contribution in [0.2, 0.25) is 5.02 Å². The second-order valence-corrected chi connectivity index (χ2v) is 5.75. The topological polar surface area (TPSA) is 54.0 Å². The van der Waals surface area contributed by atoms with Gasteiger partial charge in [-0.1, -0.05) is 41.9 Å². The Morgan fingerprint density at radius 3 is 2.36 bits per heavy atom. The molecule has 126 valence electrons. The van der Waals surface area contributed by atoms with Gasteiger partial charge in [-0.05, 0) is 41.5 Å². The number of nitrogens with zero attached hydrogens (tertiary/aromatic N) is 1.